The van der Waals surface area contributed by atoms with Crippen molar-refractivity contribution < 1.29 is 24.2 Å². The number of pyridine rings is 2. The van der Waals surface area contributed by atoms with Crippen LogP contribution < -0.4 is 10.3 Å². The lowest BCUT2D eigenvalue weighted by Gasteiger charge is -2.32. The lowest BCUT2D eigenvalue weighted by molar-refractivity contribution is -0.172. The molecule has 1 amide bonds. The van der Waals surface area contributed by atoms with E-state index in [4.69, 9.17) is 14.5 Å². The van der Waals surface area contributed by atoms with E-state index in [1.54, 1.807) is 23.6 Å². The van der Waals surface area contributed by atoms with Crippen LogP contribution in [0, 0.1) is 0 Å². The smallest absolute Gasteiger partial charge is 0.343 e. The van der Waals surface area contributed by atoms with Gasteiger partial charge in [-0.15, -0.1) is 0 Å². The first-order valence-electron chi connectivity index (χ1n) is 12.5. The van der Waals surface area contributed by atoms with E-state index in [0.717, 1.165) is 24.0 Å². The number of cyclic esters (lactones) is 1. The molecule has 0 bridgehead atoms. The molecular weight excluding hydrogens is 476 g/mol. The number of hydrogen-bond acceptors (Lipinski definition) is 8. The van der Waals surface area contributed by atoms with Crippen molar-refractivity contribution in [2.75, 3.05) is 39.8 Å². The molecule has 0 saturated carbocycles. The van der Waals surface area contributed by atoms with Gasteiger partial charge in [-0.05, 0) is 43.8 Å². The van der Waals surface area contributed by atoms with Gasteiger partial charge in [0.05, 0.1) is 29.0 Å². The number of likely N-dealkylation sites (N-methyl/N-ethyl adjacent to an activating group) is 1. The van der Waals surface area contributed by atoms with Crippen LogP contribution in [0.15, 0.2) is 35.1 Å². The number of aromatic nitrogens is 2. The van der Waals surface area contributed by atoms with Gasteiger partial charge in [-0.3, -0.25) is 9.59 Å². The van der Waals surface area contributed by atoms with Gasteiger partial charge < -0.3 is 28.9 Å². The Morgan fingerprint density at radius 2 is 1.95 bits per heavy atom. The Labute approximate surface area is 213 Å². The van der Waals surface area contributed by atoms with E-state index in [9.17, 15) is 19.5 Å². The Morgan fingerprint density at radius 3 is 2.70 bits per heavy atom. The van der Waals surface area contributed by atoms with E-state index >= 15 is 0 Å². The molecule has 10 heteroatoms. The molecule has 3 aliphatic heterocycles. The zero-order chi connectivity index (χ0) is 25.9. The van der Waals surface area contributed by atoms with E-state index in [-0.39, 0.29) is 31.1 Å². The fraction of sp³-hybridized carbons (Fsp3) is 0.407. The van der Waals surface area contributed by atoms with Crippen molar-refractivity contribution in [1.82, 2.24) is 19.4 Å². The first-order valence-corrected chi connectivity index (χ1v) is 12.5. The van der Waals surface area contributed by atoms with Crippen LogP contribution in [0.25, 0.3) is 22.3 Å². The molecule has 192 valence electrons. The summed E-state index contributed by atoms with van der Waals surface area (Å²) in [6, 6.07) is 9.11. The number of ether oxygens (including phenoxy) is 2. The normalized spacial score (nSPS) is 20.8. The number of aliphatic hydroxyl groups is 1. The second-order valence-electron chi connectivity index (χ2n) is 9.93. The third-order valence-electron chi connectivity index (χ3n) is 7.70. The number of carbonyl (C=O) groups excluding carboxylic acids is 2. The Hall–Kier alpha value is -3.76. The predicted molar refractivity (Wildman–Crippen MR) is 134 cm³/mol. The van der Waals surface area contributed by atoms with Crippen molar-refractivity contribution in [2.45, 2.75) is 32.1 Å². The SMILES string of the molecule is CC[C@@]1(O)C(=O)OCc2c1cc1n(c2=O)Cc2cc3cc(OCC(=O)N4CCN(C)CC4)ccc3nc2-1. The fourth-order valence-corrected chi connectivity index (χ4v) is 5.35. The highest BCUT2D eigenvalue weighted by atomic mass is 16.6. The lowest BCUT2D eigenvalue weighted by Crippen LogP contribution is -2.48. The third-order valence-corrected chi connectivity index (χ3v) is 7.70. The molecule has 0 unspecified atom stereocenters. The molecule has 1 atom stereocenters. The van der Waals surface area contributed by atoms with Gasteiger partial charge in [-0.2, -0.15) is 0 Å². The van der Waals surface area contributed by atoms with Gasteiger partial charge in [-0.25, -0.2) is 9.78 Å². The summed E-state index contributed by atoms with van der Waals surface area (Å²) in [5, 5.41) is 11.8. The summed E-state index contributed by atoms with van der Waals surface area (Å²) in [4.78, 5) is 47.0. The van der Waals surface area contributed by atoms with Gasteiger partial charge in [0.2, 0.25) is 0 Å². The molecular formula is C27H28N4O6. The largest absolute Gasteiger partial charge is 0.484 e. The average molecular weight is 505 g/mol. The molecule has 37 heavy (non-hydrogen) atoms. The van der Waals surface area contributed by atoms with Gasteiger partial charge in [-0.1, -0.05) is 6.92 Å². The van der Waals surface area contributed by atoms with Crippen LogP contribution in [-0.4, -0.2) is 76.2 Å². The predicted octanol–water partition coefficient (Wildman–Crippen LogP) is 1.23. The summed E-state index contributed by atoms with van der Waals surface area (Å²) in [6.07, 6.45) is 0.0970. The molecule has 1 fully saturated rings. The van der Waals surface area contributed by atoms with Gasteiger partial charge in [0.15, 0.2) is 12.2 Å². The van der Waals surface area contributed by atoms with Crippen molar-refractivity contribution in [2.24, 2.45) is 0 Å². The molecule has 6 rings (SSSR count). The Bertz CT molecular complexity index is 1510. The van der Waals surface area contributed by atoms with E-state index < -0.39 is 11.6 Å². The minimum Gasteiger partial charge on any atom is -0.484 e. The maximum Gasteiger partial charge on any atom is 0.343 e. The summed E-state index contributed by atoms with van der Waals surface area (Å²) in [7, 11) is 2.04. The van der Waals surface area contributed by atoms with E-state index in [1.165, 1.54) is 0 Å². The average Bonchev–Trinajstić information content (AvgIpc) is 3.26. The van der Waals surface area contributed by atoms with Gasteiger partial charge >= 0.3 is 5.97 Å². The monoisotopic (exact) mass is 504 g/mol. The van der Waals surface area contributed by atoms with Crippen LogP contribution in [-0.2, 0) is 33.1 Å². The van der Waals surface area contributed by atoms with E-state index in [0.29, 0.717) is 53.4 Å². The van der Waals surface area contributed by atoms with Crippen LogP contribution in [0.3, 0.4) is 0 Å². The maximum atomic E-state index is 13.3. The molecule has 3 aliphatic rings. The third kappa shape index (κ3) is 3.79. The number of esters is 1. The van der Waals surface area contributed by atoms with Crippen molar-refractivity contribution >= 4 is 22.8 Å². The lowest BCUT2D eigenvalue weighted by atomic mass is 9.86. The van der Waals surface area contributed by atoms with E-state index in [1.807, 2.05) is 30.1 Å². The molecule has 1 aromatic carbocycles. The van der Waals surface area contributed by atoms with Crippen molar-refractivity contribution in [3.05, 3.63) is 57.4 Å². The van der Waals surface area contributed by atoms with Gasteiger partial charge in [0, 0.05) is 42.7 Å². The second-order valence-corrected chi connectivity index (χ2v) is 9.93. The molecule has 1 saturated heterocycles. The number of benzene rings is 1. The second kappa shape index (κ2) is 8.67. The molecule has 0 aliphatic carbocycles. The van der Waals surface area contributed by atoms with Crippen molar-refractivity contribution in [3.63, 3.8) is 0 Å². The molecule has 0 radical (unpaired) electrons. The number of amides is 1. The van der Waals surface area contributed by atoms with Crippen LogP contribution >= 0.6 is 0 Å². The minimum atomic E-state index is -1.85. The zero-order valence-electron chi connectivity index (χ0n) is 20.8. The number of carbonyl (C=O) groups is 2. The highest BCUT2D eigenvalue weighted by Crippen LogP contribution is 2.38. The zero-order valence-corrected chi connectivity index (χ0v) is 20.8. The number of piperazine rings is 1. The van der Waals surface area contributed by atoms with Crippen molar-refractivity contribution in [1.29, 1.82) is 0 Å². The van der Waals surface area contributed by atoms with Gasteiger partial charge in [0.1, 0.15) is 12.4 Å². The number of fused-ring (bicyclic) bond motifs is 5. The van der Waals surface area contributed by atoms with Crippen LogP contribution in [0.5, 0.6) is 5.75 Å². The number of hydrogen-bond donors (Lipinski definition) is 1. The summed E-state index contributed by atoms with van der Waals surface area (Å²) < 4.78 is 12.5. The minimum absolute atomic E-state index is 0.0267. The first kappa shape index (κ1) is 23.6. The molecule has 10 nitrogen and oxygen atoms in total. The first-order chi connectivity index (χ1) is 17.8. The molecule has 0 spiro atoms. The quantitative estimate of drug-likeness (QED) is 0.413. The maximum absolute atomic E-state index is 13.3. The van der Waals surface area contributed by atoms with Gasteiger partial charge in [0.25, 0.3) is 11.5 Å². The standard InChI is InChI=1S/C27H28N4O6/c1-3-27(35)20-12-22-24-17(13-31(22)25(33)19(20)14-37-26(27)34)10-16-11-18(4-5-21(16)28-24)36-15-23(32)30-8-6-29(2)7-9-30/h4-5,10-12,35H,3,6-9,13-15H2,1-2H3/t27-/m0/s1. The molecule has 1 N–H and O–H groups in total. The highest BCUT2D eigenvalue weighted by molar-refractivity contribution is 5.87. The Balaban J connectivity index is 1.29. The molecule has 2 aromatic heterocycles. The van der Waals surface area contributed by atoms with E-state index in [2.05, 4.69) is 4.90 Å². The van der Waals surface area contributed by atoms with Crippen molar-refractivity contribution in [3.8, 4) is 17.1 Å². The number of nitrogens with zero attached hydrogens (tertiary/aromatic N) is 4. The molecule has 5 heterocycles. The Kier molecular flexibility index (Phi) is 5.54. The summed E-state index contributed by atoms with van der Waals surface area (Å²) in [5.41, 5.74) is 1.22. The summed E-state index contributed by atoms with van der Waals surface area (Å²) >= 11 is 0. The Morgan fingerprint density at radius 1 is 1.16 bits per heavy atom. The topological polar surface area (TPSA) is 114 Å². The number of rotatable bonds is 4. The molecule has 3 aromatic rings. The van der Waals surface area contributed by atoms with Crippen LogP contribution in [0.4, 0.5) is 0 Å². The summed E-state index contributed by atoms with van der Waals surface area (Å²) in [6.45, 7) is 4.93. The van der Waals surface area contributed by atoms with Crippen LogP contribution in [0.1, 0.15) is 30.0 Å². The van der Waals surface area contributed by atoms with Crippen LogP contribution in [0.2, 0.25) is 0 Å². The highest BCUT2D eigenvalue weighted by Gasteiger charge is 2.45. The fourth-order valence-electron chi connectivity index (χ4n) is 5.35. The summed E-state index contributed by atoms with van der Waals surface area (Å²) in [5.74, 6) is -0.202.